The van der Waals surface area contributed by atoms with Crippen molar-refractivity contribution in [2.75, 3.05) is 10.6 Å². The summed E-state index contributed by atoms with van der Waals surface area (Å²) in [5.41, 5.74) is 10.3. The summed E-state index contributed by atoms with van der Waals surface area (Å²) in [6.45, 7) is 11.0. The highest BCUT2D eigenvalue weighted by atomic mass is 16.2. The summed E-state index contributed by atoms with van der Waals surface area (Å²) in [6, 6.07) is 2.65. The number of carbonyl (C=O) groups excluding carboxylic acids is 1. The Hall–Kier alpha value is -3.62. The van der Waals surface area contributed by atoms with Gasteiger partial charge in [-0.3, -0.25) is 9.59 Å². The highest BCUT2D eigenvalue weighted by Crippen LogP contribution is 2.25. The monoisotopic (exact) mass is 397 g/mol. The van der Waals surface area contributed by atoms with Crippen LogP contribution >= 0.6 is 0 Å². The molecular formula is C20H27N7O2. The molecule has 0 radical (unpaired) electrons. The van der Waals surface area contributed by atoms with Gasteiger partial charge in [0, 0.05) is 24.2 Å². The number of hydrogen-bond acceptors (Lipinski definition) is 7. The largest absolute Gasteiger partial charge is 0.402 e. The van der Waals surface area contributed by atoms with E-state index in [2.05, 4.69) is 27.2 Å². The van der Waals surface area contributed by atoms with Crippen molar-refractivity contribution < 1.29 is 4.79 Å². The maximum Gasteiger partial charge on any atom is 0.262 e. The van der Waals surface area contributed by atoms with Crippen molar-refractivity contribution in [1.29, 1.82) is 0 Å². The Morgan fingerprint density at radius 2 is 2.10 bits per heavy atom. The molecule has 9 heteroatoms. The number of allylic oxidation sites excluding steroid dienone is 1. The van der Waals surface area contributed by atoms with Crippen LogP contribution in [0.1, 0.15) is 33.7 Å². The fraction of sp³-hybridized carbons (Fsp3) is 0.300. The van der Waals surface area contributed by atoms with Gasteiger partial charge in [-0.2, -0.15) is 0 Å². The average molecular weight is 397 g/mol. The number of fused-ring (bicyclic) bond motifs is 1. The number of primary amides is 1. The van der Waals surface area contributed by atoms with Crippen LogP contribution in [-0.4, -0.2) is 27.2 Å². The molecule has 1 amide bonds. The number of aliphatic imine (C=N–C) groups is 1. The van der Waals surface area contributed by atoms with E-state index in [4.69, 9.17) is 11.5 Å². The highest BCUT2D eigenvalue weighted by molar-refractivity contribution is 5.93. The van der Waals surface area contributed by atoms with Gasteiger partial charge >= 0.3 is 0 Å². The molecule has 0 saturated heterocycles. The molecular weight excluding hydrogens is 370 g/mol. The lowest BCUT2D eigenvalue weighted by Gasteiger charge is -2.23. The summed E-state index contributed by atoms with van der Waals surface area (Å²) >= 11 is 0. The average Bonchev–Trinajstić information content (AvgIpc) is 2.63. The number of anilines is 2. The molecule has 1 unspecified atom stereocenters. The van der Waals surface area contributed by atoms with E-state index in [1.807, 2.05) is 20.8 Å². The van der Waals surface area contributed by atoms with Crippen LogP contribution in [0.15, 0.2) is 52.8 Å². The van der Waals surface area contributed by atoms with E-state index in [-0.39, 0.29) is 11.1 Å². The second kappa shape index (κ2) is 8.59. The van der Waals surface area contributed by atoms with E-state index in [1.54, 1.807) is 25.3 Å². The molecule has 0 spiro atoms. The molecule has 2 aromatic rings. The number of nitrogens with two attached hydrogens (primary N) is 2. The fourth-order valence-corrected chi connectivity index (χ4v) is 2.61. The van der Waals surface area contributed by atoms with Crippen LogP contribution in [0.5, 0.6) is 0 Å². The third-order valence-corrected chi connectivity index (χ3v) is 3.97. The second-order valence-electron chi connectivity index (χ2n) is 7.49. The van der Waals surface area contributed by atoms with Crippen molar-refractivity contribution in [3.63, 3.8) is 0 Å². The molecule has 1 atom stereocenters. The van der Waals surface area contributed by atoms with Gasteiger partial charge in [0.15, 0.2) is 0 Å². The van der Waals surface area contributed by atoms with Crippen LogP contribution in [0, 0.1) is 0 Å². The summed E-state index contributed by atoms with van der Waals surface area (Å²) in [4.78, 5) is 33.3. The van der Waals surface area contributed by atoms with E-state index >= 15 is 0 Å². The van der Waals surface area contributed by atoms with E-state index < -0.39 is 11.9 Å². The standard InChI is InChI=1S/C20H27N7O2/c1-6-8-23-15(11-21)24-14-10-13-7-9-27(12(2)17(22)28)19(29)16(13)18(25-14)26-20(3,4)5/h6-12H,1,21H2,2-5H3,(H2,22,28)(H2,24,25,26)/b15-11+,23-8?. The molecule has 6 N–H and O–H groups in total. The van der Waals surface area contributed by atoms with Gasteiger partial charge in [-0.1, -0.05) is 12.7 Å². The lowest BCUT2D eigenvalue weighted by molar-refractivity contribution is -0.120. The molecule has 0 aromatic carbocycles. The predicted molar refractivity (Wildman–Crippen MR) is 118 cm³/mol. The van der Waals surface area contributed by atoms with Crippen molar-refractivity contribution in [1.82, 2.24) is 9.55 Å². The molecule has 0 bridgehead atoms. The van der Waals surface area contributed by atoms with Gasteiger partial charge in [-0.25, -0.2) is 9.98 Å². The number of carbonyl (C=O) groups is 1. The quantitative estimate of drug-likeness (QED) is 0.527. The Morgan fingerprint density at radius 3 is 2.66 bits per heavy atom. The summed E-state index contributed by atoms with van der Waals surface area (Å²) in [7, 11) is 0. The molecule has 0 aliphatic heterocycles. The zero-order chi connectivity index (χ0) is 21.8. The molecule has 0 aliphatic rings. The van der Waals surface area contributed by atoms with Crippen LogP contribution in [0.25, 0.3) is 10.8 Å². The first-order valence-electron chi connectivity index (χ1n) is 9.04. The zero-order valence-electron chi connectivity index (χ0n) is 17.1. The van der Waals surface area contributed by atoms with Crippen molar-refractivity contribution in [3.05, 3.63) is 53.4 Å². The third-order valence-electron chi connectivity index (χ3n) is 3.97. The molecule has 9 nitrogen and oxygen atoms in total. The Kier molecular flexibility index (Phi) is 6.42. The van der Waals surface area contributed by atoms with Gasteiger partial charge in [-0.15, -0.1) is 0 Å². The number of amides is 1. The van der Waals surface area contributed by atoms with Gasteiger partial charge in [0.25, 0.3) is 5.56 Å². The number of aromatic nitrogens is 2. The summed E-state index contributed by atoms with van der Waals surface area (Å²) in [5.74, 6) is 0.592. The third kappa shape index (κ3) is 5.22. The molecule has 0 saturated carbocycles. The summed E-state index contributed by atoms with van der Waals surface area (Å²) < 4.78 is 1.30. The molecule has 154 valence electrons. The molecule has 2 aromatic heterocycles. The SMILES string of the molecule is C=CC=N/C(=C\N)Nc1cc2ccn(C(C)C(N)=O)c(=O)c2c(NC(C)(C)C)n1. The first-order valence-corrected chi connectivity index (χ1v) is 9.04. The van der Waals surface area contributed by atoms with Crippen molar-refractivity contribution >= 4 is 34.5 Å². The van der Waals surface area contributed by atoms with Gasteiger partial charge in [0.1, 0.15) is 23.5 Å². The van der Waals surface area contributed by atoms with Crippen molar-refractivity contribution in [2.24, 2.45) is 16.5 Å². The van der Waals surface area contributed by atoms with Crippen LogP contribution in [-0.2, 0) is 4.79 Å². The number of nitrogens with zero attached hydrogens (tertiary/aromatic N) is 3. The van der Waals surface area contributed by atoms with E-state index in [1.165, 1.54) is 23.1 Å². The fourth-order valence-electron chi connectivity index (χ4n) is 2.61. The number of hydrogen-bond donors (Lipinski definition) is 4. The lowest BCUT2D eigenvalue weighted by atomic mass is 10.1. The Balaban J connectivity index is 2.69. The zero-order valence-corrected chi connectivity index (χ0v) is 17.1. The molecule has 29 heavy (non-hydrogen) atoms. The Morgan fingerprint density at radius 1 is 1.41 bits per heavy atom. The normalized spacial score (nSPS) is 13.4. The summed E-state index contributed by atoms with van der Waals surface area (Å²) in [6.07, 6.45) is 5.86. The van der Waals surface area contributed by atoms with Crippen LogP contribution in [0.2, 0.25) is 0 Å². The minimum absolute atomic E-state index is 0.356. The Labute approximate surface area is 169 Å². The minimum Gasteiger partial charge on any atom is -0.402 e. The van der Waals surface area contributed by atoms with Crippen molar-refractivity contribution in [3.8, 4) is 0 Å². The predicted octanol–water partition coefficient (Wildman–Crippen LogP) is 2.08. The number of rotatable bonds is 7. The van der Waals surface area contributed by atoms with E-state index in [0.717, 1.165) is 0 Å². The molecule has 0 aliphatic carbocycles. The van der Waals surface area contributed by atoms with Gasteiger partial charge in [-0.05, 0) is 45.2 Å². The van der Waals surface area contributed by atoms with E-state index in [0.29, 0.717) is 28.2 Å². The van der Waals surface area contributed by atoms with Gasteiger partial charge < -0.3 is 26.7 Å². The first-order chi connectivity index (χ1) is 13.6. The lowest BCUT2D eigenvalue weighted by Crippen LogP contribution is -2.33. The molecule has 2 heterocycles. The molecule has 0 fully saturated rings. The van der Waals surface area contributed by atoms with Crippen LogP contribution in [0.4, 0.5) is 11.6 Å². The van der Waals surface area contributed by atoms with Crippen LogP contribution in [0.3, 0.4) is 0 Å². The number of nitrogens with one attached hydrogen (secondary N) is 2. The van der Waals surface area contributed by atoms with Crippen LogP contribution < -0.4 is 27.7 Å². The van der Waals surface area contributed by atoms with E-state index in [9.17, 15) is 9.59 Å². The maximum absolute atomic E-state index is 13.1. The second-order valence-corrected chi connectivity index (χ2v) is 7.49. The summed E-state index contributed by atoms with van der Waals surface area (Å²) in [5, 5.41) is 7.25. The maximum atomic E-state index is 13.1. The highest BCUT2D eigenvalue weighted by Gasteiger charge is 2.20. The smallest absolute Gasteiger partial charge is 0.262 e. The van der Waals surface area contributed by atoms with Gasteiger partial charge in [0.2, 0.25) is 5.91 Å². The molecule has 2 rings (SSSR count). The topological polar surface area (TPSA) is 140 Å². The van der Waals surface area contributed by atoms with Crippen molar-refractivity contribution in [2.45, 2.75) is 39.3 Å². The Bertz CT molecular complexity index is 1050. The first kappa shape index (κ1) is 21.7. The number of pyridine rings is 2. The van der Waals surface area contributed by atoms with Gasteiger partial charge in [0.05, 0.1) is 5.39 Å². The minimum atomic E-state index is -0.785.